The van der Waals surface area contributed by atoms with Crippen molar-refractivity contribution in [2.45, 2.75) is 90.1 Å². The molecule has 4 atom stereocenters. The molecule has 0 bridgehead atoms. The van der Waals surface area contributed by atoms with E-state index in [0.717, 1.165) is 34.0 Å². The first-order chi connectivity index (χ1) is 11.7. The molecular weight excluding hydrogens is 332 g/mol. The molecule has 3 saturated carbocycles. The molecule has 0 aromatic rings. The van der Waals surface area contributed by atoms with Crippen LogP contribution in [0.2, 0.25) is 0 Å². The van der Waals surface area contributed by atoms with E-state index in [-0.39, 0.29) is 0 Å². The minimum absolute atomic E-state index is 0.409. The van der Waals surface area contributed by atoms with Crippen LogP contribution < -0.4 is 0 Å². The Bertz CT molecular complexity index is 403. The lowest BCUT2D eigenvalue weighted by Gasteiger charge is -2.45. The Morgan fingerprint density at radius 1 is 0.875 bits per heavy atom. The fourth-order valence-electron chi connectivity index (χ4n) is 5.96. The van der Waals surface area contributed by atoms with E-state index in [1.54, 1.807) is 11.8 Å². The van der Waals surface area contributed by atoms with E-state index >= 15 is 0 Å². The average molecular weight is 369 g/mol. The highest BCUT2D eigenvalue weighted by atomic mass is 32.2. The second-order valence-corrected chi connectivity index (χ2v) is 10.1. The maximum Gasteiger partial charge on any atom is 0.219 e. The second-order valence-electron chi connectivity index (χ2n) is 8.67. The van der Waals surface area contributed by atoms with Crippen molar-refractivity contribution in [2.75, 3.05) is 6.26 Å². The Morgan fingerprint density at radius 3 is 2.12 bits per heavy atom. The van der Waals surface area contributed by atoms with Crippen LogP contribution in [0.3, 0.4) is 0 Å². The van der Waals surface area contributed by atoms with Gasteiger partial charge in [-0.3, -0.25) is 0 Å². The van der Waals surface area contributed by atoms with Gasteiger partial charge in [0.2, 0.25) is 4.38 Å². The predicted molar refractivity (Wildman–Crippen MR) is 110 cm³/mol. The fraction of sp³-hybridized carbons (Fsp3) is 0.952. The molecule has 0 aromatic carbocycles. The number of hydrogen-bond donors (Lipinski definition) is 0. The van der Waals surface area contributed by atoms with Crippen LogP contribution in [0.1, 0.15) is 84.0 Å². The number of rotatable bonds is 4. The van der Waals surface area contributed by atoms with Gasteiger partial charge in [0.05, 0.1) is 0 Å². The maximum absolute atomic E-state index is 5.96. The smallest absolute Gasteiger partial charge is 0.219 e. The van der Waals surface area contributed by atoms with Crippen LogP contribution >= 0.6 is 24.0 Å². The van der Waals surface area contributed by atoms with Gasteiger partial charge in [-0.2, -0.15) is 0 Å². The van der Waals surface area contributed by atoms with Gasteiger partial charge >= 0.3 is 0 Å². The summed E-state index contributed by atoms with van der Waals surface area (Å²) < 4.78 is 6.71. The first kappa shape index (κ1) is 19.0. The van der Waals surface area contributed by atoms with E-state index in [2.05, 4.69) is 6.92 Å². The standard InChI is InChI=1S/C21H36OS2/c1-3-4-15-5-7-16(8-6-15)17-9-10-19-14-20(22-21(23)24-2)12-11-18(19)13-17/h15-20H,3-14H2,1-2H3. The highest BCUT2D eigenvalue weighted by Crippen LogP contribution is 2.48. The molecular formula is C21H36OS2. The van der Waals surface area contributed by atoms with Gasteiger partial charge in [0.15, 0.2) is 0 Å². The van der Waals surface area contributed by atoms with Crippen molar-refractivity contribution in [2.24, 2.45) is 29.6 Å². The van der Waals surface area contributed by atoms with Gasteiger partial charge in [-0.25, -0.2) is 0 Å². The van der Waals surface area contributed by atoms with Crippen LogP contribution in [0.15, 0.2) is 0 Å². The van der Waals surface area contributed by atoms with Crippen molar-refractivity contribution >= 4 is 28.4 Å². The van der Waals surface area contributed by atoms with E-state index in [9.17, 15) is 0 Å². The molecule has 3 fully saturated rings. The van der Waals surface area contributed by atoms with Crippen molar-refractivity contribution in [1.82, 2.24) is 0 Å². The summed E-state index contributed by atoms with van der Waals surface area (Å²) in [5.41, 5.74) is 0. The number of fused-ring (bicyclic) bond motifs is 1. The van der Waals surface area contributed by atoms with E-state index in [1.165, 1.54) is 77.0 Å². The van der Waals surface area contributed by atoms with E-state index in [1.807, 2.05) is 6.26 Å². The van der Waals surface area contributed by atoms with Crippen LogP contribution in [0, 0.1) is 29.6 Å². The Hall–Kier alpha value is 0.240. The molecule has 3 rings (SSSR count). The van der Waals surface area contributed by atoms with E-state index in [0.29, 0.717) is 6.10 Å². The van der Waals surface area contributed by atoms with Crippen molar-refractivity contribution in [1.29, 1.82) is 0 Å². The normalized spacial score (nSPS) is 39.9. The molecule has 0 aliphatic heterocycles. The lowest BCUT2D eigenvalue weighted by molar-refractivity contribution is 0.0274. The molecule has 3 heteroatoms. The van der Waals surface area contributed by atoms with Crippen LogP contribution in [-0.2, 0) is 4.74 Å². The first-order valence-electron chi connectivity index (χ1n) is 10.4. The lowest BCUT2D eigenvalue weighted by Crippen LogP contribution is -2.37. The van der Waals surface area contributed by atoms with Gasteiger partial charge in [0.1, 0.15) is 6.10 Å². The summed E-state index contributed by atoms with van der Waals surface area (Å²) in [6, 6.07) is 0. The number of ether oxygens (including phenoxy) is 1. The molecule has 3 aliphatic rings. The van der Waals surface area contributed by atoms with Crippen molar-refractivity contribution in [3.63, 3.8) is 0 Å². The summed E-state index contributed by atoms with van der Waals surface area (Å²) in [5.74, 6) is 5.05. The third kappa shape index (κ3) is 4.90. The summed E-state index contributed by atoms with van der Waals surface area (Å²) >= 11 is 6.84. The molecule has 24 heavy (non-hydrogen) atoms. The SMILES string of the molecule is CCCC1CCC(C2CCC3CC(OC(=S)SC)CCC3C2)CC1. The Balaban J connectivity index is 1.44. The van der Waals surface area contributed by atoms with Gasteiger partial charge in [-0.1, -0.05) is 44.4 Å². The summed E-state index contributed by atoms with van der Waals surface area (Å²) in [6.45, 7) is 2.35. The zero-order valence-electron chi connectivity index (χ0n) is 15.7. The van der Waals surface area contributed by atoms with Gasteiger partial charge in [-0.05, 0) is 99.4 Å². The fourth-order valence-corrected chi connectivity index (χ4v) is 6.33. The first-order valence-corrected chi connectivity index (χ1v) is 12.1. The third-order valence-corrected chi connectivity index (χ3v) is 8.32. The summed E-state index contributed by atoms with van der Waals surface area (Å²) in [7, 11) is 0. The summed E-state index contributed by atoms with van der Waals surface area (Å²) in [5, 5.41) is 0. The molecule has 0 N–H and O–H groups in total. The summed E-state index contributed by atoms with van der Waals surface area (Å²) in [4.78, 5) is 0. The topological polar surface area (TPSA) is 9.23 Å². The minimum atomic E-state index is 0.409. The van der Waals surface area contributed by atoms with Gasteiger partial charge in [0.25, 0.3) is 0 Å². The van der Waals surface area contributed by atoms with Crippen LogP contribution in [-0.4, -0.2) is 16.7 Å². The molecule has 0 amide bonds. The minimum Gasteiger partial charge on any atom is -0.475 e. The van der Waals surface area contributed by atoms with Crippen LogP contribution in [0.5, 0.6) is 0 Å². The van der Waals surface area contributed by atoms with Crippen molar-refractivity contribution < 1.29 is 4.74 Å². The molecule has 138 valence electrons. The zero-order valence-corrected chi connectivity index (χ0v) is 17.3. The lowest BCUT2D eigenvalue weighted by atomic mass is 9.62. The van der Waals surface area contributed by atoms with Gasteiger partial charge < -0.3 is 4.74 Å². The Labute approximate surface area is 159 Å². The number of thiocarbonyl (C=S) groups is 1. The second kappa shape index (κ2) is 9.26. The highest BCUT2D eigenvalue weighted by molar-refractivity contribution is 8.22. The van der Waals surface area contributed by atoms with Gasteiger partial charge in [0, 0.05) is 0 Å². The Kier molecular flexibility index (Phi) is 7.33. The predicted octanol–water partition coefficient (Wildman–Crippen LogP) is 6.84. The van der Waals surface area contributed by atoms with Crippen LogP contribution in [0.25, 0.3) is 0 Å². The molecule has 0 heterocycles. The zero-order chi connectivity index (χ0) is 16.9. The molecule has 0 aromatic heterocycles. The maximum atomic E-state index is 5.96. The molecule has 4 unspecified atom stereocenters. The monoisotopic (exact) mass is 368 g/mol. The average Bonchev–Trinajstić information content (AvgIpc) is 2.62. The van der Waals surface area contributed by atoms with E-state index < -0.39 is 0 Å². The third-order valence-electron chi connectivity index (χ3n) is 7.29. The molecule has 0 radical (unpaired) electrons. The molecule has 0 saturated heterocycles. The number of hydrogen-bond acceptors (Lipinski definition) is 3. The van der Waals surface area contributed by atoms with E-state index in [4.69, 9.17) is 17.0 Å². The quantitative estimate of drug-likeness (QED) is 0.503. The largest absolute Gasteiger partial charge is 0.475 e. The molecule has 0 spiro atoms. The summed E-state index contributed by atoms with van der Waals surface area (Å²) in [6.07, 6.45) is 19.7. The van der Waals surface area contributed by atoms with Crippen LogP contribution in [0.4, 0.5) is 0 Å². The van der Waals surface area contributed by atoms with Crippen molar-refractivity contribution in [3.05, 3.63) is 0 Å². The van der Waals surface area contributed by atoms with Crippen molar-refractivity contribution in [3.8, 4) is 0 Å². The molecule has 1 nitrogen and oxygen atoms in total. The number of thioether (sulfide) groups is 1. The highest BCUT2D eigenvalue weighted by Gasteiger charge is 2.39. The van der Waals surface area contributed by atoms with Gasteiger partial charge in [-0.15, -0.1) is 0 Å². The molecule has 3 aliphatic carbocycles. The Morgan fingerprint density at radius 2 is 1.46 bits per heavy atom.